The lowest BCUT2D eigenvalue weighted by atomic mass is 9.99. The van der Waals surface area contributed by atoms with Gasteiger partial charge in [0.15, 0.2) is 0 Å². The SMILES string of the molecule is CN1CCC(N(C)C(CN)c2ccc(Cl)c(Cl)c2)CC1. The van der Waals surface area contributed by atoms with Gasteiger partial charge < -0.3 is 10.6 Å². The summed E-state index contributed by atoms with van der Waals surface area (Å²) in [5, 5.41) is 1.19. The number of halogens is 2. The van der Waals surface area contributed by atoms with E-state index in [1.54, 1.807) is 0 Å². The Labute approximate surface area is 131 Å². The second-order valence-electron chi connectivity index (χ2n) is 5.62. The van der Waals surface area contributed by atoms with Crippen molar-refractivity contribution >= 4 is 23.2 Å². The van der Waals surface area contributed by atoms with Gasteiger partial charge >= 0.3 is 0 Å². The summed E-state index contributed by atoms with van der Waals surface area (Å²) in [5.41, 5.74) is 7.14. The van der Waals surface area contributed by atoms with E-state index in [0.717, 1.165) is 18.7 Å². The molecule has 0 aliphatic carbocycles. The molecule has 1 heterocycles. The highest BCUT2D eigenvalue weighted by Gasteiger charge is 2.26. The van der Waals surface area contributed by atoms with E-state index in [9.17, 15) is 0 Å². The molecule has 1 saturated heterocycles. The summed E-state index contributed by atoms with van der Waals surface area (Å²) in [4.78, 5) is 4.77. The van der Waals surface area contributed by atoms with E-state index in [2.05, 4.69) is 23.9 Å². The number of hydrogen-bond donors (Lipinski definition) is 1. The zero-order chi connectivity index (χ0) is 14.7. The van der Waals surface area contributed by atoms with Crippen LogP contribution in [-0.4, -0.2) is 49.6 Å². The number of nitrogens with zero attached hydrogens (tertiary/aromatic N) is 2. The highest BCUT2D eigenvalue weighted by atomic mass is 35.5. The number of nitrogens with two attached hydrogens (primary N) is 1. The molecule has 5 heteroatoms. The van der Waals surface area contributed by atoms with Crippen molar-refractivity contribution in [3.63, 3.8) is 0 Å². The molecule has 0 aromatic heterocycles. The predicted octanol–water partition coefficient (Wildman–Crippen LogP) is 3.02. The van der Waals surface area contributed by atoms with E-state index in [4.69, 9.17) is 28.9 Å². The monoisotopic (exact) mass is 315 g/mol. The first-order valence-corrected chi connectivity index (χ1v) is 7.84. The number of likely N-dealkylation sites (N-methyl/N-ethyl adjacent to an activating group) is 1. The summed E-state index contributed by atoms with van der Waals surface area (Å²) in [6.45, 7) is 2.88. The molecule has 1 atom stereocenters. The van der Waals surface area contributed by atoms with Gasteiger partial charge in [-0.1, -0.05) is 29.3 Å². The van der Waals surface area contributed by atoms with Crippen molar-refractivity contribution in [1.29, 1.82) is 0 Å². The van der Waals surface area contributed by atoms with E-state index in [1.807, 2.05) is 18.2 Å². The maximum Gasteiger partial charge on any atom is 0.0595 e. The molecule has 20 heavy (non-hydrogen) atoms. The molecular formula is C15H23Cl2N3. The Morgan fingerprint density at radius 2 is 1.95 bits per heavy atom. The summed E-state index contributed by atoms with van der Waals surface area (Å²) >= 11 is 12.1. The van der Waals surface area contributed by atoms with Gasteiger partial charge in [-0.2, -0.15) is 0 Å². The molecule has 1 aromatic carbocycles. The van der Waals surface area contributed by atoms with Gasteiger partial charge in [0, 0.05) is 18.6 Å². The van der Waals surface area contributed by atoms with Crippen molar-refractivity contribution in [3.8, 4) is 0 Å². The van der Waals surface area contributed by atoms with Gasteiger partial charge in [-0.15, -0.1) is 0 Å². The maximum absolute atomic E-state index is 6.13. The minimum absolute atomic E-state index is 0.193. The molecular weight excluding hydrogens is 293 g/mol. The van der Waals surface area contributed by atoms with Crippen molar-refractivity contribution in [2.24, 2.45) is 5.73 Å². The Hall–Kier alpha value is -0.320. The van der Waals surface area contributed by atoms with Crippen LogP contribution in [0.25, 0.3) is 0 Å². The van der Waals surface area contributed by atoms with Crippen LogP contribution in [-0.2, 0) is 0 Å². The molecule has 2 rings (SSSR count). The number of benzene rings is 1. The van der Waals surface area contributed by atoms with Crippen molar-refractivity contribution in [1.82, 2.24) is 9.80 Å². The zero-order valence-electron chi connectivity index (χ0n) is 12.1. The van der Waals surface area contributed by atoms with Crippen LogP contribution in [0, 0.1) is 0 Å². The van der Waals surface area contributed by atoms with E-state index in [1.165, 1.54) is 12.8 Å². The minimum Gasteiger partial charge on any atom is -0.329 e. The van der Waals surface area contributed by atoms with Crippen LogP contribution in [0.15, 0.2) is 18.2 Å². The van der Waals surface area contributed by atoms with Gasteiger partial charge in [0.25, 0.3) is 0 Å². The normalized spacial score (nSPS) is 19.5. The van der Waals surface area contributed by atoms with Gasteiger partial charge in [0.05, 0.1) is 10.0 Å². The molecule has 0 radical (unpaired) electrons. The Kier molecular flexibility index (Phi) is 5.70. The van der Waals surface area contributed by atoms with Crippen LogP contribution in [0.3, 0.4) is 0 Å². The number of piperidine rings is 1. The highest BCUT2D eigenvalue weighted by molar-refractivity contribution is 6.42. The quantitative estimate of drug-likeness (QED) is 0.927. The maximum atomic E-state index is 6.13. The first-order valence-electron chi connectivity index (χ1n) is 7.08. The van der Waals surface area contributed by atoms with Gasteiger partial charge in [-0.05, 0) is 57.7 Å². The molecule has 1 fully saturated rings. The molecule has 0 spiro atoms. The molecule has 2 N–H and O–H groups in total. The van der Waals surface area contributed by atoms with Crippen LogP contribution in [0.4, 0.5) is 0 Å². The molecule has 0 bridgehead atoms. The first kappa shape index (κ1) is 16.1. The fourth-order valence-corrected chi connectivity index (χ4v) is 3.22. The third-order valence-corrected chi connectivity index (χ3v) is 5.05. The van der Waals surface area contributed by atoms with Crippen molar-refractivity contribution in [2.45, 2.75) is 24.9 Å². The third-order valence-electron chi connectivity index (χ3n) is 4.31. The van der Waals surface area contributed by atoms with Gasteiger partial charge in [0.1, 0.15) is 0 Å². The van der Waals surface area contributed by atoms with Gasteiger partial charge in [-0.25, -0.2) is 0 Å². The topological polar surface area (TPSA) is 32.5 Å². The second-order valence-corrected chi connectivity index (χ2v) is 6.44. The Morgan fingerprint density at radius 1 is 1.30 bits per heavy atom. The molecule has 1 aliphatic rings. The number of likely N-dealkylation sites (tertiary alicyclic amines) is 1. The fourth-order valence-electron chi connectivity index (χ4n) is 2.91. The summed E-state index contributed by atoms with van der Waals surface area (Å²) in [5.74, 6) is 0. The molecule has 1 unspecified atom stereocenters. The number of rotatable bonds is 4. The number of hydrogen-bond acceptors (Lipinski definition) is 3. The fraction of sp³-hybridized carbons (Fsp3) is 0.600. The minimum atomic E-state index is 0.193. The van der Waals surface area contributed by atoms with E-state index in [-0.39, 0.29) is 6.04 Å². The molecule has 112 valence electrons. The Morgan fingerprint density at radius 3 is 2.50 bits per heavy atom. The highest BCUT2D eigenvalue weighted by Crippen LogP contribution is 2.29. The molecule has 1 aliphatic heterocycles. The summed E-state index contributed by atoms with van der Waals surface area (Å²) < 4.78 is 0. The summed E-state index contributed by atoms with van der Waals surface area (Å²) in [6, 6.07) is 6.58. The standard InChI is InChI=1S/C15H23Cl2N3/c1-19-7-5-12(6-8-19)20(2)15(10-18)11-3-4-13(16)14(17)9-11/h3-4,9,12,15H,5-8,10,18H2,1-2H3. The van der Waals surface area contributed by atoms with E-state index >= 15 is 0 Å². The summed E-state index contributed by atoms with van der Waals surface area (Å²) in [6.07, 6.45) is 2.37. The van der Waals surface area contributed by atoms with Gasteiger partial charge in [-0.3, -0.25) is 4.90 Å². The zero-order valence-corrected chi connectivity index (χ0v) is 13.7. The van der Waals surface area contributed by atoms with Crippen LogP contribution >= 0.6 is 23.2 Å². The smallest absolute Gasteiger partial charge is 0.0595 e. The lowest BCUT2D eigenvalue weighted by molar-refractivity contribution is 0.109. The van der Waals surface area contributed by atoms with Crippen LogP contribution in [0.1, 0.15) is 24.4 Å². The van der Waals surface area contributed by atoms with Crippen molar-refractivity contribution in [3.05, 3.63) is 33.8 Å². The van der Waals surface area contributed by atoms with Crippen LogP contribution < -0.4 is 5.73 Å². The second kappa shape index (κ2) is 7.10. The Bertz CT molecular complexity index is 445. The van der Waals surface area contributed by atoms with E-state index in [0.29, 0.717) is 22.6 Å². The molecule has 0 amide bonds. The van der Waals surface area contributed by atoms with E-state index < -0.39 is 0 Å². The average molecular weight is 316 g/mol. The molecule has 1 aromatic rings. The van der Waals surface area contributed by atoms with Crippen molar-refractivity contribution < 1.29 is 0 Å². The van der Waals surface area contributed by atoms with Crippen molar-refractivity contribution in [2.75, 3.05) is 33.7 Å². The first-order chi connectivity index (χ1) is 9.52. The molecule has 3 nitrogen and oxygen atoms in total. The average Bonchev–Trinajstić information content (AvgIpc) is 2.44. The largest absolute Gasteiger partial charge is 0.329 e. The van der Waals surface area contributed by atoms with Crippen LogP contribution in [0.5, 0.6) is 0 Å². The predicted molar refractivity (Wildman–Crippen MR) is 86.5 cm³/mol. The lowest BCUT2D eigenvalue weighted by Gasteiger charge is -2.39. The lowest BCUT2D eigenvalue weighted by Crippen LogP contribution is -2.45. The summed E-state index contributed by atoms with van der Waals surface area (Å²) in [7, 11) is 4.34. The Balaban J connectivity index is 2.12. The molecule has 0 saturated carbocycles. The van der Waals surface area contributed by atoms with Gasteiger partial charge in [0.2, 0.25) is 0 Å². The van der Waals surface area contributed by atoms with Crippen LogP contribution in [0.2, 0.25) is 10.0 Å². The third kappa shape index (κ3) is 3.66.